The van der Waals surface area contributed by atoms with Gasteiger partial charge in [0.15, 0.2) is 0 Å². The van der Waals surface area contributed by atoms with Crippen molar-refractivity contribution in [2.75, 3.05) is 6.61 Å². The molecule has 0 amide bonds. The average Bonchev–Trinajstić information content (AvgIpc) is 1.72. The van der Waals surface area contributed by atoms with Crippen molar-refractivity contribution in [3.63, 3.8) is 0 Å². The monoisotopic (exact) mass is 154 g/mol. The van der Waals surface area contributed by atoms with Crippen LogP contribution in [0.2, 0.25) is 0 Å². The maximum atomic E-state index is 8.80. The Bertz CT molecular complexity index is 11.7. The molecule has 0 aliphatic heterocycles. The molecule has 3 heteroatoms. The second-order valence-corrected chi connectivity index (χ2v) is 0.407. The standard InChI is InChI=1S/C2H6O2.C2H5.Zn/c1-2-4-3;1-2;/h3H,2H2,1H3;1H2,2H3;/p-1. The van der Waals surface area contributed by atoms with Gasteiger partial charge in [0.05, 0.1) is 0 Å². The third-order valence-corrected chi connectivity index (χ3v) is 0.118. The van der Waals surface area contributed by atoms with E-state index in [1.807, 2.05) is 0 Å². The van der Waals surface area contributed by atoms with Gasteiger partial charge < -0.3 is 10.1 Å². The third-order valence-electron chi connectivity index (χ3n) is 0.118. The van der Waals surface area contributed by atoms with Crippen LogP contribution in [0.25, 0.3) is 0 Å². The number of hydrogen-bond donors (Lipinski definition) is 0. The van der Waals surface area contributed by atoms with Gasteiger partial charge >= 0.3 is 0 Å². The smallest absolute Gasteiger partial charge is 0.0312 e. The van der Waals surface area contributed by atoms with E-state index in [1.165, 1.54) is 0 Å². The molecule has 0 aromatic carbocycles. The minimum absolute atomic E-state index is 0. The Morgan fingerprint density at radius 3 is 1.71 bits per heavy atom. The van der Waals surface area contributed by atoms with E-state index in [-0.39, 0.29) is 26.1 Å². The molecular formula is C4H10O2Zn-. The van der Waals surface area contributed by atoms with Gasteiger partial charge in [-0.2, -0.15) is 0 Å². The van der Waals surface area contributed by atoms with E-state index in [4.69, 9.17) is 5.26 Å². The van der Waals surface area contributed by atoms with Gasteiger partial charge in [0, 0.05) is 26.1 Å². The van der Waals surface area contributed by atoms with Crippen molar-refractivity contribution in [1.29, 1.82) is 0 Å². The molecule has 0 saturated carbocycles. The predicted octanol–water partition coefficient (Wildman–Crippen LogP) is 0.136. The van der Waals surface area contributed by atoms with Crippen molar-refractivity contribution >= 4 is 0 Å². The minimum Gasteiger partial charge on any atom is -0.723 e. The Morgan fingerprint density at radius 2 is 1.71 bits per heavy atom. The Kier molecular flexibility index (Phi) is 69.5. The summed E-state index contributed by atoms with van der Waals surface area (Å²) in [4.78, 5) is 3.29. The van der Waals surface area contributed by atoms with Gasteiger partial charge in [-0.15, -0.1) is 0 Å². The molecule has 0 aromatic rings. The van der Waals surface area contributed by atoms with E-state index < -0.39 is 0 Å². The Labute approximate surface area is 57.6 Å². The van der Waals surface area contributed by atoms with E-state index in [1.54, 1.807) is 13.8 Å². The molecule has 41 valence electrons. The predicted molar refractivity (Wildman–Crippen MR) is 22.7 cm³/mol. The van der Waals surface area contributed by atoms with Gasteiger partial charge in [-0.3, -0.25) is 0 Å². The maximum Gasteiger partial charge on any atom is 0.0312 e. The summed E-state index contributed by atoms with van der Waals surface area (Å²) < 4.78 is 0. The van der Waals surface area contributed by atoms with E-state index in [2.05, 4.69) is 11.8 Å². The molecule has 0 spiro atoms. The van der Waals surface area contributed by atoms with E-state index in [9.17, 15) is 0 Å². The molecule has 0 aliphatic carbocycles. The van der Waals surface area contributed by atoms with Crippen LogP contribution in [-0.2, 0) is 24.4 Å². The van der Waals surface area contributed by atoms with Crippen LogP contribution in [0.3, 0.4) is 0 Å². The van der Waals surface area contributed by atoms with Gasteiger partial charge in [-0.05, 0) is 6.92 Å². The molecule has 1 radical (unpaired) electrons. The summed E-state index contributed by atoms with van der Waals surface area (Å²) >= 11 is 0. The molecule has 0 heterocycles. The molecule has 0 bridgehead atoms. The van der Waals surface area contributed by atoms with Crippen LogP contribution in [0.1, 0.15) is 13.8 Å². The van der Waals surface area contributed by atoms with E-state index in [0.717, 1.165) is 0 Å². The molecule has 0 N–H and O–H groups in total. The van der Waals surface area contributed by atoms with Crippen molar-refractivity contribution in [2.45, 2.75) is 13.8 Å². The van der Waals surface area contributed by atoms with Crippen LogP contribution in [0.5, 0.6) is 0 Å². The first-order valence-corrected chi connectivity index (χ1v) is 1.87. The largest absolute Gasteiger partial charge is 0.723 e. The molecule has 0 aromatic heterocycles. The quantitative estimate of drug-likeness (QED) is 0.306. The van der Waals surface area contributed by atoms with Crippen LogP contribution in [0.15, 0.2) is 0 Å². The van der Waals surface area contributed by atoms with Crippen LogP contribution < -0.4 is 5.26 Å². The van der Waals surface area contributed by atoms with Crippen molar-refractivity contribution in [2.24, 2.45) is 0 Å². The van der Waals surface area contributed by atoms with Crippen molar-refractivity contribution in [1.82, 2.24) is 0 Å². The van der Waals surface area contributed by atoms with E-state index in [0.29, 0.717) is 0 Å². The second-order valence-electron chi connectivity index (χ2n) is 0.407. The topological polar surface area (TPSA) is 32.3 Å². The van der Waals surface area contributed by atoms with Crippen molar-refractivity contribution < 1.29 is 29.6 Å². The summed E-state index contributed by atoms with van der Waals surface area (Å²) in [5, 5.41) is 8.80. The first kappa shape index (κ1) is 15.6. The summed E-state index contributed by atoms with van der Waals surface area (Å²) in [5.74, 6) is 0. The number of hydrogen-bond acceptors (Lipinski definition) is 2. The van der Waals surface area contributed by atoms with Crippen LogP contribution in [0.4, 0.5) is 0 Å². The molecule has 0 fully saturated rings. The summed E-state index contributed by atoms with van der Waals surface area (Å²) in [7, 11) is 0. The molecule has 0 unspecified atom stereocenters. The van der Waals surface area contributed by atoms with Gasteiger partial charge in [-0.1, -0.05) is 13.8 Å². The van der Waals surface area contributed by atoms with Gasteiger partial charge in [0.1, 0.15) is 0 Å². The first-order valence-electron chi connectivity index (χ1n) is 1.87. The van der Waals surface area contributed by atoms with Crippen molar-refractivity contribution in [3.8, 4) is 0 Å². The summed E-state index contributed by atoms with van der Waals surface area (Å²) in [6.45, 7) is 6.91. The Hall–Kier alpha value is 0.543. The van der Waals surface area contributed by atoms with Crippen LogP contribution in [-0.4, -0.2) is 6.61 Å². The second kappa shape index (κ2) is 31.1. The van der Waals surface area contributed by atoms with Crippen LogP contribution >= 0.6 is 0 Å². The summed E-state index contributed by atoms with van der Waals surface area (Å²) in [6.07, 6.45) is 0. The molecule has 0 aliphatic rings. The summed E-state index contributed by atoms with van der Waals surface area (Å²) in [6, 6.07) is 0. The minimum atomic E-state index is 0. The normalized spacial score (nSPS) is 5.14. The zero-order chi connectivity index (χ0) is 5.41. The Morgan fingerprint density at radius 1 is 1.57 bits per heavy atom. The zero-order valence-electron chi connectivity index (χ0n) is 4.94. The molecular weight excluding hydrogens is 145 g/mol. The van der Waals surface area contributed by atoms with Crippen molar-refractivity contribution in [3.05, 3.63) is 6.92 Å². The van der Waals surface area contributed by atoms with Gasteiger partial charge in [0.25, 0.3) is 0 Å². The zero-order valence-corrected chi connectivity index (χ0v) is 7.90. The van der Waals surface area contributed by atoms with Crippen LogP contribution in [0, 0.1) is 6.92 Å². The summed E-state index contributed by atoms with van der Waals surface area (Å²) in [5.41, 5.74) is 0. The Balaban J connectivity index is -0.0000000480. The molecule has 0 atom stereocenters. The van der Waals surface area contributed by atoms with Gasteiger partial charge in [0.2, 0.25) is 0 Å². The average molecular weight is 156 g/mol. The fourth-order valence-corrected chi connectivity index (χ4v) is 0. The third kappa shape index (κ3) is 56.7. The molecule has 0 saturated heterocycles. The maximum absolute atomic E-state index is 8.80. The van der Waals surface area contributed by atoms with E-state index >= 15 is 0 Å². The fourth-order valence-electron chi connectivity index (χ4n) is 0. The number of rotatable bonds is 1. The first-order chi connectivity index (χ1) is 2.91. The fraction of sp³-hybridized carbons (Fsp3) is 0.750. The molecule has 7 heavy (non-hydrogen) atoms. The van der Waals surface area contributed by atoms with Gasteiger partial charge in [-0.25, -0.2) is 0 Å². The molecule has 0 rings (SSSR count). The SMILES string of the molecule is CCO[O-].[CH2]C.[Zn]. The molecule has 2 nitrogen and oxygen atoms in total.